The molecular weight excluding hydrogens is 386 g/mol. The quantitative estimate of drug-likeness (QED) is 0.248. The molecule has 1 aromatic carbocycles. The van der Waals surface area contributed by atoms with Crippen molar-refractivity contribution < 1.29 is 19.1 Å². The Balaban J connectivity index is 1.96. The molecule has 9 nitrogen and oxygen atoms in total. The second-order valence-corrected chi connectivity index (χ2v) is 7.41. The zero-order valence-corrected chi connectivity index (χ0v) is 17.5. The van der Waals surface area contributed by atoms with Crippen molar-refractivity contribution in [2.24, 2.45) is 5.73 Å². The fraction of sp³-hybridized carbons (Fsp3) is 0.524. The van der Waals surface area contributed by atoms with Crippen molar-refractivity contribution in [3.63, 3.8) is 0 Å². The third-order valence-electron chi connectivity index (χ3n) is 5.33. The Morgan fingerprint density at radius 3 is 2.70 bits per heavy atom. The summed E-state index contributed by atoms with van der Waals surface area (Å²) in [6.07, 6.45) is 4.23. The van der Waals surface area contributed by atoms with Gasteiger partial charge in [0.25, 0.3) is 5.91 Å². The molecule has 0 aromatic heterocycles. The number of amides is 2. The van der Waals surface area contributed by atoms with Gasteiger partial charge in [-0.1, -0.05) is 26.3 Å². The molecule has 6 N–H and O–H groups in total. The zero-order chi connectivity index (χ0) is 22.1. The predicted octanol–water partition coefficient (Wildman–Crippen LogP) is 1.88. The number of carbonyl (C=O) groups excluding carboxylic acids is 3. The van der Waals surface area contributed by atoms with Crippen LogP contribution in [0.25, 0.3) is 0 Å². The third kappa shape index (κ3) is 6.20. The fourth-order valence-electron chi connectivity index (χ4n) is 3.73. The number of anilines is 1. The minimum Gasteiger partial charge on any atom is -0.457 e. The van der Waals surface area contributed by atoms with E-state index in [2.05, 4.69) is 16.0 Å². The van der Waals surface area contributed by atoms with Crippen LogP contribution in [0.2, 0.25) is 0 Å². The highest BCUT2D eigenvalue weighted by Crippen LogP contribution is 2.35. The van der Waals surface area contributed by atoms with Crippen LogP contribution >= 0.6 is 0 Å². The van der Waals surface area contributed by atoms with Gasteiger partial charge in [-0.2, -0.15) is 0 Å². The number of benzene rings is 1. The minimum absolute atomic E-state index is 0.193. The van der Waals surface area contributed by atoms with Gasteiger partial charge >= 0.3 is 5.97 Å². The van der Waals surface area contributed by atoms with Gasteiger partial charge in [-0.05, 0) is 43.9 Å². The number of hydrogen-bond donors (Lipinski definition) is 5. The molecule has 2 amide bonds. The van der Waals surface area contributed by atoms with E-state index >= 15 is 0 Å². The van der Waals surface area contributed by atoms with E-state index in [9.17, 15) is 14.4 Å². The number of nitrogens with one attached hydrogen (secondary N) is 4. The standard InChI is InChI=1S/C21H31N5O4/c1-3-18(28)30-21(4-2)11-6-5-10-16(21)26-17(27)13-24-19(29)14-8-7-9-15(12-14)25-20(22)23/h7-9,12,16H,3-6,10-11,13H2,1-2H3,(H,24,29)(H,26,27)(H4,22,23,25). The molecule has 0 bridgehead atoms. The van der Waals surface area contributed by atoms with Crippen molar-refractivity contribution in [2.75, 3.05) is 11.9 Å². The fourth-order valence-corrected chi connectivity index (χ4v) is 3.73. The van der Waals surface area contributed by atoms with E-state index in [1.165, 1.54) is 0 Å². The Morgan fingerprint density at radius 2 is 2.03 bits per heavy atom. The number of guanidine groups is 1. The van der Waals surface area contributed by atoms with Crippen LogP contribution in [0, 0.1) is 5.41 Å². The van der Waals surface area contributed by atoms with Crippen LogP contribution in [-0.4, -0.2) is 41.9 Å². The van der Waals surface area contributed by atoms with Gasteiger partial charge in [0, 0.05) is 17.7 Å². The molecule has 0 heterocycles. The maximum absolute atomic E-state index is 12.5. The summed E-state index contributed by atoms with van der Waals surface area (Å²) < 4.78 is 5.76. The first-order valence-electron chi connectivity index (χ1n) is 10.3. The number of rotatable bonds is 8. The van der Waals surface area contributed by atoms with Crippen LogP contribution < -0.4 is 21.7 Å². The summed E-state index contributed by atoms with van der Waals surface area (Å²) in [4.78, 5) is 36.8. The minimum atomic E-state index is -0.697. The molecule has 2 unspecified atom stereocenters. The van der Waals surface area contributed by atoms with Gasteiger partial charge < -0.3 is 26.4 Å². The molecule has 0 saturated heterocycles. The Morgan fingerprint density at radius 1 is 1.27 bits per heavy atom. The molecule has 0 spiro atoms. The summed E-state index contributed by atoms with van der Waals surface area (Å²) in [5.74, 6) is -1.26. The molecule has 1 saturated carbocycles. The molecule has 2 atom stereocenters. The molecule has 2 rings (SSSR count). The maximum atomic E-state index is 12.5. The van der Waals surface area contributed by atoms with Crippen LogP contribution in [-0.2, 0) is 14.3 Å². The van der Waals surface area contributed by atoms with E-state index in [4.69, 9.17) is 15.9 Å². The predicted molar refractivity (Wildman–Crippen MR) is 114 cm³/mol. The summed E-state index contributed by atoms with van der Waals surface area (Å²) in [7, 11) is 0. The van der Waals surface area contributed by atoms with Gasteiger partial charge in [-0.25, -0.2) is 0 Å². The van der Waals surface area contributed by atoms with Gasteiger partial charge in [0.2, 0.25) is 5.91 Å². The third-order valence-corrected chi connectivity index (χ3v) is 5.33. The van der Waals surface area contributed by atoms with E-state index in [-0.39, 0.29) is 36.8 Å². The molecule has 0 aliphatic heterocycles. The summed E-state index contributed by atoms with van der Waals surface area (Å²) in [5, 5.41) is 15.4. The average molecular weight is 418 g/mol. The molecule has 1 aliphatic carbocycles. The normalized spacial score (nSPS) is 20.7. The maximum Gasteiger partial charge on any atom is 0.306 e. The lowest BCUT2D eigenvalue weighted by Gasteiger charge is -2.43. The first-order valence-corrected chi connectivity index (χ1v) is 10.3. The van der Waals surface area contributed by atoms with Gasteiger partial charge in [0.1, 0.15) is 5.60 Å². The van der Waals surface area contributed by atoms with Crippen LogP contribution in [0.1, 0.15) is 62.7 Å². The van der Waals surface area contributed by atoms with Gasteiger partial charge in [0.05, 0.1) is 12.6 Å². The van der Waals surface area contributed by atoms with E-state index in [1.54, 1.807) is 31.2 Å². The number of ether oxygens (including phenoxy) is 1. The van der Waals surface area contributed by atoms with Crippen LogP contribution in [0.4, 0.5) is 5.69 Å². The first-order chi connectivity index (χ1) is 14.3. The molecule has 9 heteroatoms. The lowest BCUT2D eigenvalue weighted by atomic mass is 9.78. The van der Waals surface area contributed by atoms with E-state index in [0.717, 1.165) is 19.3 Å². The van der Waals surface area contributed by atoms with E-state index < -0.39 is 11.5 Å². The topological polar surface area (TPSA) is 146 Å². The molecular formula is C21H31N5O4. The van der Waals surface area contributed by atoms with Crippen molar-refractivity contribution in [2.45, 2.75) is 64.0 Å². The van der Waals surface area contributed by atoms with Crippen LogP contribution in [0.5, 0.6) is 0 Å². The van der Waals surface area contributed by atoms with E-state index in [1.807, 2.05) is 6.92 Å². The second-order valence-electron chi connectivity index (χ2n) is 7.41. The molecule has 30 heavy (non-hydrogen) atoms. The lowest BCUT2D eigenvalue weighted by Crippen LogP contribution is -2.57. The number of nitrogens with two attached hydrogens (primary N) is 1. The first kappa shape index (κ1) is 23.2. The summed E-state index contributed by atoms with van der Waals surface area (Å²) in [6, 6.07) is 6.20. The van der Waals surface area contributed by atoms with Crippen molar-refractivity contribution in [1.29, 1.82) is 5.41 Å². The van der Waals surface area contributed by atoms with Gasteiger partial charge in [0.15, 0.2) is 5.96 Å². The highest BCUT2D eigenvalue weighted by atomic mass is 16.6. The molecule has 1 aliphatic rings. The number of esters is 1. The lowest BCUT2D eigenvalue weighted by molar-refractivity contribution is -0.168. The summed E-state index contributed by atoms with van der Waals surface area (Å²) in [6.45, 7) is 3.51. The van der Waals surface area contributed by atoms with Crippen LogP contribution in [0.15, 0.2) is 24.3 Å². The molecule has 1 aromatic rings. The number of carbonyl (C=O) groups is 3. The van der Waals surface area contributed by atoms with Crippen molar-refractivity contribution in [3.05, 3.63) is 29.8 Å². The largest absolute Gasteiger partial charge is 0.457 e. The Bertz CT molecular complexity index is 797. The van der Waals surface area contributed by atoms with E-state index in [0.29, 0.717) is 24.1 Å². The average Bonchev–Trinajstić information content (AvgIpc) is 2.73. The van der Waals surface area contributed by atoms with Crippen molar-refractivity contribution in [1.82, 2.24) is 10.6 Å². The van der Waals surface area contributed by atoms with Gasteiger partial charge in [-0.3, -0.25) is 19.8 Å². The summed E-state index contributed by atoms with van der Waals surface area (Å²) >= 11 is 0. The second kappa shape index (κ2) is 10.6. The molecule has 0 radical (unpaired) electrons. The summed E-state index contributed by atoms with van der Waals surface area (Å²) in [5.41, 5.74) is 5.45. The van der Waals surface area contributed by atoms with Crippen molar-refractivity contribution in [3.8, 4) is 0 Å². The highest BCUT2D eigenvalue weighted by Gasteiger charge is 2.43. The monoisotopic (exact) mass is 417 g/mol. The zero-order valence-electron chi connectivity index (χ0n) is 17.5. The highest BCUT2D eigenvalue weighted by molar-refractivity contribution is 5.98. The number of hydrogen-bond acceptors (Lipinski definition) is 5. The Labute approximate surface area is 176 Å². The Kier molecular flexibility index (Phi) is 8.20. The smallest absolute Gasteiger partial charge is 0.306 e. The Hall–Kier alpha value is -3.10. The molecule has 1 fully saturated rings. The molecule has 164 valence electrons. The van der Waals surface area contributed by atoms with Gasteiger partial charge in [-0.15, -0.1) is 0 Å². The van der Waals surface area contributed by atoms with Crippen molar-refractivity contribution >= 4 is 29.4 Å². The van der Waals surface area contributed by atoms with Crippen LogP contribution in [0.3, 0.4) is 0 Å². The SMILES string of the molecule is CCC(=O)OC1(CC)CCCCC1NC(=O)CNC(=O)c1cccc(NC(=N)N)c1.